The van der Waals surface area contributed by atoms with Crippen molar-refractivity contribution in [3.8, 4) is 0 Å². The van der Waals surface area contributed by atoms with Gasteiger partial charge < -0.3 is 31.1 Å². The molecule has 3 rings (SSSR count). The Bertz CT molecular complexity index is 956. The number of ether oxygens (including phenoxy) is 2. The lowest BCUT2D eigenvalue weighted by molar-refractivity contribution is -0.150. The SMILES string of the molecule is CCOC(=O)CC(N/C=C(\N)C(=O)OC(C)(C)C)c1cn2cc(C3CC3)ccc2n1.N. The largest absolute Gasteiger partial charge is 0.466 e. The first-order valence-corrected chi connectivity index (χ1v) is 10.3. The number of nitrogens with two attached hydrogens (primary N) is 1. The fourth-order valence-electron chi connectivity index (χ4n) is 3.08. The van der Waals surface area contributed by atoms with Crippen molar-refractivity contribution >= 4 is 17.6 Å². The van der Waals surface area contributed by atoms with Crippen LogP contribution in [0.1, 0.15) is 70.2 Å². The summed E-state index contributed by atoms with van der Waals surface area (Å²) >= 11 is 0. The maximum Gasteiger partial charge on any atom is 0.356 e. The number of imidazole rings is 1. The predicted molar refractivity (Wildman–Crippen MR) is 117 cm³/mol. The molecular weight excluding hydrogens is 398 g/mol. The van der Waals surface area contributed by atoms with E-state index in [9.17, 15) is 9.59 Å². The van der Waals surface area contributed by atoms with E-state index in [-0.39, 0.29) is 30.8 Å². The quantitative estimate of drug-likeness (QED) is 0.427. The van der Waals surface area contributed by atoms with Gasteiger partial charge in [0.25, 0.3) is 0 Å². The molecule has 0 saturated heterocycles. The maximum atomic E-state index is 12.1. The Morgan fingerprint density at radius 2 is 2.03 bits per heavy atom. The van der Waals surface area contributed by atoms with Crippen LogP contribution in [0.2, 0.25) is 0 Å². The number of hydrogen-bond donors (Lipinski definition) is 3. The van der Waals surface area contributed by atoms with Crippen molar-refractivity contribution in [2.24, 2.45) is 5.73 Å². The summed E-state index contributed by atoms with van der Waals surface area (Å²) in [5, 5.41) is 3.04. The second-order valence-corrected chi connectivity index (χ2v) is 8.50. The smallest absolute Gasteiger partial charge is 0.356 e. The highest BCUT2D eigenvalue weighted by atomic mass is 16.6. The molecule has 0 amide bonds. The van der Waals surface area contributed by atoms with Crippen molar-refractivity contribution in [3.05, 3.63) is 47.7 Å². The molecule has 1 aliphatic carbocycles. The third-order valence-corrected chi connectivity index (χ3v) is 4.65. The monoisotopic (exact) mass is 431 g/mol. The molecule has 9 nitrogen and oxygen atoms in total. The number of carbonyl (C=O) groups excluding carboxylic acids is 2. The minimum absolute atomic E-state index is 0. The number of nitrogens with zero attached hydrogens (tertiary/aromatic N) is 2. The molecule has 0 aliphatic heterocycles. The van der Waals surface area contributed by atoms with Gasteiger partial charge in [0.1, 0.15) is 16.9 Å². The molecule has 0 spiro atoms. The van der Waals surface area contributed by atoms with E-state index in [0.717, 1.165) is 5.65 Å². The minimum atomic E-state index is -0.652. The highest BCUT2D eigenvalue weighted by Crippen LogP contribution is 2.40. The van der Waals surface area contributed by atoms with Crippen LogP contribution in [-0.4, -0.2) is 33.5 Å². The highest BCUT2D eigenvalue weighted by molar-refractivity contribution is 5.87. The molecule has 2 aromatic heterocycles. The van der Waals surface area contributed by atoms with E-state index in [1.807, 2.05) is 16.7 Å². The fraction of sp³-hybridized carbons (Fsp3) is 0.500. The second kappa shape index (κ2) is 9.82. The van der Waals surface area contributed by atoms with E-state index in [0.29, 0.717) is 11.6 Å². The Morgan fingerprint density at radius 1 is 1.32 bits per heavy atom. The molecule has 0 aromatic carbocycles. The van der Waals surface area contributed by atoms with E-state index in [2.05, 4.69) is 22.6 Å². The summed E-state index contributed by atoms with van der Waals surface area (Å²) in [6.45, 7) is 7.34. The van der Waals surface area contributed by atoms with Gasteiger partial charge in [-0.2, -0.15) is 0 Å². The highest BCUT2D eigenvalue weighted by Gasteiger charge is 2.25. The molecule has 31 heavy (non-hydrogen) atoms. The molecule has 9 heteroatoms. The lowest BCUT2D eigenvalue weighted by Gasteiger charge is -2.20. The van der Waals surface area contributed by atoms with Crippen molar-refractivity contribution in [1.82, 2.24) is 20.9 Å². The zero-order valence-electron chi connectivity index (χ0n) is 18.7. The summed E-state index contributed by atoms with van der Waals surface area (Å²) in [6, 6.07) is 3.57. The molecule has 0 bridgehead atoms. The normalized spacial score (nSPS) is 15.2. The van der Waals surface area contributed by atoms with E-state index < -0.39 is 17.6 Å². The van der Waals surface area contributed by atoms with Gasteiger partial charge >= 0.3 is 11.9 Å². The second-order valence-electron chi connectivity index (χ2n) is 8.50. The molecule has 6 N–H and O–H groups in total. The summed E-state index contributed by atoms with van der Waals surface area (Å²) in [5.41, 5.74) is 7.85. The number of hydrogen-bond acceptors (Lipinski definition) is 8. The van der Waals surface area contributed by atoms with Crippen LogP contribution in [0, 0.1) is 0 Å². The van der Waals surface area contributed by atoms with Crippen LogP contribution in [0.5, 0.6) is 0 Å². The van der Waals surface area contributed by atoms with E-state index >= 15 is 0 Å². The number of carbonyl (C=O) groups is 2. The Labute approximate surface area is 182 Å². The average molecular weight is 432 g/mol. The molecule has 1 unspecified atom stereocenters. The number of rotatable bonds is 8. The molecular formula is C22H33N5O4. The molecule has 2 aromatic rings. The first-order chi connectivity index (χ1) is 14.2. The van der Waals surface area contributed by atoms with Gasteiger partial charge in [0, 0.05) is 18.6 Å². The van der Waals surface area contributed by atoms with Gasteiger partial charge in [-0.1, -0.05) is 6.07 Å². The Hall–Kier alpha value is -3.07. The Kier molecular flexibility index (Phi) is 7.67. The third kappa shape index (κ3) is 6.71. The number of aromatic nitrogens is 2. The Balaban J connectivity index is 0.00000341. The van der Waals surface area contributed by atoms with Crippen molar-refractivity contribution in [3.63, 3.8) is 0 Å². The van der Waals surface area contributed by atoms with E-state index in [4.69, 9.17) is 15.2 Å². The number of esters is 2. The first kappa shape index (κ1) is 24.2. The first-order valence-electron chi connectivity index (χ1n) is 10.3. The molecule has 0 radical (unpaired) electrons. The maximum absolute atomic E-state index is 12.1. The summed E-state index contributed by atoms with van der Waals surface area (Å²) in [4.78, 5) is 28.9. The molecule has 1 saturated carbocycles. The van der Waals surface area contributed by atoms with Gasteiger partial charge in [-0.25, -0.2) is 9.78 Å². The van der Waals surface area contributed by atoms with Crippen LogP contribution in [0.3, 0.4) is 0 Å². The van der Waals surface area contributed by atoms with E-state index in [1.54, 1.807) is 27.7 Å². The summed E-state index contributed by atoms with van der Waals surface area (Å²) < 4.78 is 12.3. The van der Waals surface area contributed by atoms with Gasteiger partial charge in [0.05, 0.1) is 24.8 Å². The standard InChI is InChI=1S/C22H30N4O4.H3N/c1-5-29-20(27)10-17(24-11-16(23)21(28)30-22(2,3)4)18-13-26-12-15(14-6-7-14)8-9-19(26)25-18;/h8-9,11-14,17,24H,5-7,10,23H2,1-4H3;1H3/b16-11-;. The predicted octanol–water partition coefficient (Wildman–Crippen LogP) is 3.10. The molecule has 2 heterocycles. The Morgan fingerprint density at radius 3 is 2.65 bits per heavy atom. The zero-order chi connectivity index (χ0) is 21.9. The van der Waals surface area contributed by atoms with Crippen LogP contribution >= 0.6 is 0 Å². The lowest BCUT2D eigenvalue weighted by Crippen LogP contribution is -2.29. The van der Waals surface area contributed by atoms with Gasteiger partial charge in [-0.05, 0) is 58.1 Å². The molecule has 1 fully saturated rings. The van der Waals surface area contributed by atoms with Crippen molar-refractivity contribution in [2.75, 3.05) is 6.61 Å². The van der Waals surface area contributed by atoms with Crippen molar-refractivity contribution in [2.45, 2.75) is 64.5 Å². The summed E-state index contributed by atoms with van der Waals surface area (Å²) in [5.74, 6) is -0.366. The average Bonchev–Trinajstić information content (AvgIpc) is 3.42. The van der Waals surface area contributed by atoms with Crippen LogP contribution < -0.4 is 17.2 Å². The molecule has 1 atom stereocenters. The van der Waals surface area contributed by atoms with Crippen LogP contribution in [0.25, 0.3) is 5.65 Å². The van der Waals surface area contributed by atoms with Gasteiger partial charge in [0.2, 0.25) is 0 Å². The van der Waals surface area contributed by atoms with Gasteiger partial charge in [0.15, 0.2) is 0 Å². The molecule has 170 valence electrons. The van der Waals surface area contributed by atoms with E-state index in [1.165, 1.54) is 24.6 Å². The third-order valence-electron chi connectivity index (χ3n) is 4.65. The summed E-state index contributed by atoms with van der Waals surface area (Å²) in [7, 11) is 0. The van der Waals surface area contributed by atoms with Gasteiger partial charge in [-0.3, -0.25) is 4.79 Å². The van der Waals surface area contributed by atoms with Gasteiger partial charge in [-0.15, -0.1) is 0 Å². The zero-order valence-corrected chi connectivity index (χ0v) is 18.7. The minimum Gasteiger partial charge on any atom is -0.466 e. The summed E-state index contributed by atoms with van der Waals surface area (Å²) in [6.07, 6.45) is 7.80. The van der Waals surface area contributed by atoms with Crippen molar-refractivity contribution < 1.29 is 19.1 Å². The lowest BCUT2D eigenvalue weighted by atomic mass is 10.1. The van der Waals surface area contributed by atoms with Crippen LogP contribution in [0.15, 0.2) is 36.4 Å². The molecule has 1 aliphatic rings. The number of pyridine rings is 1. The van der Waals surface area contributed by atoms with Crippen molar-refractivity contribution in [1.29, 1.82) is 0 Å². The van der Waals surface area contributed by atoms with Crippen LogP contribution in [-0.2, 0) is 19.1 Å². The topological polar surface area (TPSA) is 143 Å². The number of nitrogens with one attached hydrogen (secondary N) is 1. The number of fused-ring (bicyclic) bond motifs is 1. The van der Waals surface area contributed by atoms with Crippen LogP contribution in [0.4, 0.5) is 0 Å². The fourth-order valence-corrected chi connectivity index (χ4v) is 3.08.